The lowest BCUT2D eigenvalue weighted by atomic mass is 10.1. The summed E-state index contributed by atoms with van der Waals surface area (Å²) in [6.45, 7) is 6.72. The van der Waals surface area contributed by atoms with Crippen molar-refractivity contribution in [3.63, 3.8) is 0 Å². The lowest BCUT2D eigenvalue weighted by Crippen LogP contribution is -2.25. The molecule has 4 heteroatoms. The summed E-state index contributed by atoms with van der Waals surface area (Å²) >= 11 is 0. The van der Waals surface area contributed by atoms with Gasteiger partial charge in [0.05, 0.1) is 6.42 Å². The first-order chi connectivity index (χ1) is 11.1. The Morgan fingerprint density at radius 2 is 1.52 bits per heavy atom. The minimum Gasteiger partial charge on any atom is -0.372 e. The standard InChI is InChI=1S/C19H23FN2O/c1-3-22(4-2)18-11-7-16(8-12-18)14-21-19(23)13-15-5-9-17(20)10-6-15/h5-12H,3-4,13-14H2,1-2H3,(H,21,23). The Morgan fingerprint density at radius 1 is 0.957 bits per heavy atom. The van der Waals surface area contributed by atoms with E-state index in [4.69, 9.17) is 0 Å². The first-order valence-electron chi connectivity index (χ1n) is 7.97. The normalized spacial score (nSPS) is 10.4. The lowest BCUT2D eigenvalue weighted by Gasteiger charge is -2.21. The third-order valence-electron chi connectivity index (χ3n) is 3.83. The summed E-state index contributed by atoms with van der Waals surface area (Å²) in [6, 6.07) is 14.2. The van der Waals surface area contributed by atoms with Crippen molar-refractivity contribution in [1.29, 1.82) is 0 Å². The highest BCUT2D eigenvalue weighted by atomic mass is 19.1. The van der Waals surface area contributed by atoms with Crippen LogP contribution in [0.3, 0.4) is 0 Å². The van der Waals surface area contributed by atoms with Crippen molar-refractivity contribution in [1.82, 2.24) is 5.32 Å². The zero-order valence-electron chi connectivity index (χ0n) is 13.7. The van der Waals surface area contributed by atoms with Gasteiger partial charge in [-0.2, -0.15) is 0 Å². The van der Waals surface area contributed by atoms with Crippen molar-refractivity contribution in [2.75, 3.05) is 18.0 Å². The first-order valence-corrected chi connectivity index (χ1v) is 7.97. The Kier molecular flexibility index (Phi) is 6.15. The van der Waals surface area contributed by atoms with E-state index in [2.05, 4.69) is 36.2 Å². The molecule has 0 aliphatic rings. The highest BCUT2D eigenvalue weighted by Gasteiger charge is 2.05. The molecule has 0 aromatic heterocycles. The average Bonchev–Trinajstić information content (AvgIpc) is 2.57. The molecule has 0 unspecified atom stereocenters. The molecule has 0 atom stereocenters. The number of hydrogen-bond acceptors (Lipinski definition) is 2. The van der Waals surface area contributed by atoms with E-state index in [0.29, 0.717) is 6.54 Å². The van der Waals surface area contributed by atoms with Gasteiger partial charge in [0.2, 0.25) is 5.91 Å². The molecule has 3 nitrogen and oxygen atoms in total. The predicted octanol–water partition coefficient (Wildman–Crippen LogP) is 3.53. The number of anilines is 1. The third kappa shape index (κ3) is 5.09. The van der Waals surface area contributed by atoms with Crippen LogP contribution in [0.15, 0.2) is 48.5 Å². The highest BCUT2D eigenvalue weighted by molar-refractivity contribution is 5.78. The van der Waals surface area contributed by atoms with Crippen LogP contribution in [0.4, 0.5) is 10.1 Å². The van der Waals surface area contributed by atoms with Crippen LogP contribution < -0.4 is 10.2 Å². The van der Waals surface area contributed by atoms with Gasteiger partial charge in [-0.05, 0) is 49.2 Å². The quantitative estimate of drug-likeness (QED) is 0.848. The molecule has 2 rings (SSSR count). The molecule has 122 valence electrons. The summed E-state index contributed by atoms with van der Waals surface area (Å²) in [6.07, 6.45) is 0.262. The predicted molar refractivity (Wildman–Crippen MR) is 92.0 cm³/mol. The zero-order chi connectivity index (χ0) is 16.7. The number of nitrogens with zero attached hydrogens (tertiary/aromatic N) is 1. The Morgan fingerprint density at radius 3 is 2.09 bits per heavy atom. The van der Waals surface area contributed by atoms with E-state index in [1.165, 1.54) is 17.8 Å². The second-order valence-electron chi connectivity index (χ2n) is 5.42. The molecule has 0 heterocycles. The zero-order valence-corrected chi connectivity index (χ0v) is 13.7. The van der Waals surface area contributed by atoms with Crippen LogP contribution in [0.25, 0.3) is 0 Å². The summed E-state index contributed by atoms with van der Waals surface area (Å²) in [4.78, 5) is 14.2. The summed E-state index contributed by atoms with van der Waals surface area (Å²) in [5.74, 6) is -0.355. The SMILES string of the molecule is CCN(CC)c1ccc(CNC(=O)Cc2ccc(F)cc2)cc1. The van der Waals surface area contributed by atoms with E-state index in [-0.39, 0.29) is 18.1 Å². The molecule has 0 spiro atoms. The second kappa shape index (κ2) is 8.32. The van der Waals surface area contributed by atoms with Crippen molar-refractivity contribution in [3.05, 3.63) is 65.5 Å². The Labute approximate surface area is 137 Å². The smallest absolute Gasteiger partial charge is 0.224 e. The van der Waals surface area contributed by atoms with Gasteiger partial charge in [-0.3, -0.25) is 4.79 Å². The summed E-state index contributed by atoms with van der Waals surface area (Å²) in [7, 11) is 0. The molecule has 0 bridgehead atoms. The van der Waals surface area contributed by atoms with Crippen LogP contribution in [0.2, 0.25) is 0 Å². The number of amides is 1. The number of halogens is 1. The van der Waals surface area contributed by atoms with Crippen LogP contribution in [0, 0.1) is 5.82 Å². The Hall–Kier alpha value is -2.36. The van der Waals surface area contributed by atoms with Gasteiger partial charge in [0.1, 0.15) is 5.82 Å². The van der Waals surface area contributed by atoms with E-state index >= 15 is 0 Å². The largest absolute Gasteiger partial charge is 0.372 e. The molecule has 1 amide bonds. The molecule has 2 aromatic rings. The van der Waals surface area contributed by atoms with Crippen molar-refractivity contribution in [2.45, 2.75) is 26.8 Å². The average molecular weight is 314 g/mol. The summed E-state index contributed by atoms with van der Waals surface area (Å²) in [5.41, 5.74) is 3.06. The molecule has 0 saturated carbocycles. The summed E-state index contributed by atoms with van der Waals surface area (Å²) < 4.78 is 12.8. The van der Waals surface area contributed by atoms with E-state index in [0.717, 1.165) is 24.2 Å². The van der Waals surface area contributed by atoms with Crippen LogP contribution in [0.5, 0.6) is 0 Å². The van der Waals surface area contributed by atoms with Gasteiger partial charge in [0.25, 0.3) is 0 Å². The first kappa shape index (κ1) is 17.0. The number of rotatable bonds is 7. The molecule has 0 saturated heterocycles. The maximum Gasteiger partial charge on any atom is 0.224 e. The molecular weight excluding hydrogens is 291 g/mol. The van der Waals surface area contributed by atoms with Gasteiger partial charge in [0.15, 0.2) is 0 Å². The van der Waals surface area contributed by atoms with Crippen LogP contribution >= 0.6 is 0 Å². The number of benzene rings is 2. The minimum atomic E-state index is -0.289. The fourth-order valence-corrected chi connectivity index (χ4v) is 2.46. The molecule has 2 aromatic carbocycles. The lowest BCUT2D eigenvalue weighted by molar-refractivity contribution is -0.120. The van der Waals surface area contributed by atoms with E-state index in [1.807, 2.05) is 12.1 Å². The molecule has 0 fully saturated rings. The summed E-state index contributed by atoms with van der Waals surface area (Å²) in [5, 5.41) is 2.89. The number of hydrogen-bond donors (Lipinski definition) is 1. The molecular formula is C19H23FN2O. The van der Waals surface area contributed by atoms with Crippen molar-refractivity contribution in [3.8, 4) is 0 Å². The number of carbonyl (C=O) groups is 1. The van der Waals surface area contributed by atoms with Crippen molar-refractivity contribution in [2.24, 2.45) is 0 Å². The van der Waals surface area contributed by atoms with Crippen LogP contribution in [0.1, 0.15) is 25.0 Å². The van der Waals surface area contributed by atoms with Gasteiger partial charge < -0.3 is 10.2 Å². The van der Waals surface area contributed by atoms with Gasteiger partial charge in [0, 0.05) is 25.3 Å². The molecule has 0 aliphatic heterocycles. The molecule has 0 radical (unpaired) electrons. The van der Waals surface area contributed by atoms with E-state index < -0.39 is 0 Å². The second-order valence-corrected chi connectivity index (χ2v) is 5.42. The fourth-order valence-electron chi connectivity index (χ4n) is 2.46. The van der Waals surface area contributed by atoms with Crippen molar-refractivity contribution < 1.29 is 9.18 Å². The minimum absolute atomic E-state index is 0.0653. The van der Waals surface area contributed by atoms with Gasteiger partial charge in [-0.1, -0.05) is 24.3 Å². The van der Waals surface area contributed by atoms with Gasteiger partial charge in [-0.15, -0.1) is 0 Å². The number of nitrogens with one attached hydrogen (secondary N) is 1. The van der Waals surface area contributed by atoms with Crippen LogP contribution in [-0.2, 0) is 17.8 Å². The molecule has 1 N–H and O–H groups in total. The Bertz CT molecular complexity index is 619. The number of carbonyl (C=O) groups excluding carboxylic acids is 1. The monoisotopic (exact) mass is 314 g/mol. The third-order valence-corrected chi connectivity index (χ3v) is 3.83. The fraction of sp³-hybridized carbons (Fsp3) is 0.316. The van der Waals surface area contributed by atoms with E-state index in [9.17, 15) is 9.18 Å². The van der Waals surface area contributed by atoms with Gasteiger partial charge >= 0.3 is 0 Å². The maximum absolute atomic E-state index is 12.8. The highest BCUT2D eigenvalue weighted by Crippen LogP contribution is 2.14. The Balaban J connectivity index is 1.85. The molecule has 23 heavy (non-hydrogen) atoms. The van der Waals surface area contributed by atoms with Gasteiger partial charge in [-0.25, -0.2) is 4.39 Å². The van der Waals surface area contributed by atoms with Crippen LogP contribution in [-0.4, -0.2) is 19.0 Å². The molecule has 0 aliphatic carbocycles. The van der Waals surface area contributed by atoms with Crippen molar-refractivity contribution >= 4 is 11.6 Å². The maximum atomic E-state index is 12.8. The van der Waals surface area contributed by atoms with E-state index in [1.54, 1.807) is 12.1 Å². The topological polar surface area (TPSA) is 32.3 Å².